The van der Waals surface area contributed by atoms with E-state index in [-0.39, 0.29) is 18.1 Å². The van der Waals surface area contributed by atoms with Crippen LogP contribution < -0.4 is 10.2 Å². The van der Waals surface area contributed by atoms with E-state index in [0.29, 0.717) is 0 Å². The minimum atomic E-state index is -0.975. The molecule has 2 aliphatic rings. The Balaban J connectivity index is 1.29. The zero-order valence-electron chi connectivity index (χ0n) is 14.9. The van der Waals surface area contributed by atoms with Crippen LogP contribution in [0.5, 0.6) is 0 Å². The summed E-state index contributed by atoms with van der Waals surface area (Å²) in [6, 6.07) is 5.47. The first-order valence-electron chi connectivity index (χ1n) is 9.16. The first-order valence-corrected chi connectivity index (χ1v) is 9.16. The molecule has 0 spiro atoms. The Morgan fingerprint density at radius 2 is 1.85 bits per heavy atom. The number of rotatable bonds is 4. The van der Waals surface area contributed by atoms with Crippen LogP contribution in [0.3, 0.4) is 0 Å². The maximum Gasteiger partial charge on any atom is 0.238 e. The summed E-state index contributed by atoms with van der Waals surface area (Å²) in [7, 11) is 0. The topological polar surface area (TPSA) is 61.4 Å². The number of hydrogen-bond donors (Lipinski definition) is 1. The second kappa shape index (κ2) is 7.56. The van der Waals surface area contributed by atoms with Gasteiger partial charge in [-0.05, 0) is 43.0 Å². The van der Waals surface area contributed by atoms with Crippen LogP contribution in [-0.2, 0) is 17.6 Å². The van der Waals surface area contributed by atoms with E-state index in [1.54, 1.807) is 0 Å². The number of hydrogen-bond acceptors (Lipinski definition) is 5. The number of benzene rings is 1. The van der Waals surface area contributed by atoms with Gasteiger partial charge in [-0.2, -0.15) is 5.10 Å². The van der Waals surface area contributed by atoms with Gasteiger partial charge in [0.15, 0.2) is 17.5 Å². The van der Waals surface area contributed by atoms with E-state index in [1.807, 2.05) is 4.90 Å². The maximum atomic E-state index is 13.2. The summed E-state index contributed by atoms with van der Waals surface area (Å²) in [6.45, 7) is 3.20. The highest BCUT2D eigenvalue weighted by Crippen LogP contribution is 2.23. The van der Waals surface area contributed by atoms with E-state index in [0.717, 1.165) is 69.1 Å². The first-order chi connectivity index (χ1) is 13.1. The molecular formula is C19H21F2N5O. The fraction of sp³-hybridized carbons (Fsp3) is 0.421. The molecule has 1 fully saturated rings. The van der Waals surface area contributed by atoms with Gasteiger partial charge < -0.3 is 10.2 Å². The average molecular weight is 373 g/mol. The van der Waals surface area contributed by atoms with Gasteiger partial charge in [0.05, 0.1) is 12.2 Å². The lowest BCUT2D eigenvalue weighted by Crippen LogP contribution is -2.49. The van der Waals surface area contributed by atoms with Gasteiger partial charge in [0, 0.05) is 37.9 Å². The van der Waals surface area contributed by atoms with Gasteiger partial charge >= 0.3 is 0 Å². The van der Waals surface area contributed by atoms with Gasteiger partial charge in [-0.1, -0.05) is 0 Å². The summed E-state index contributed by atoms with van der Waals surface area (Å²) in [4.78, 5) is 16.4. The van der Waals surface area contributed by atoms with E-state index >= 15 is 0 Å². The van der Waals surface area contributed by atoms with Crippen molar-refractivity contribution >= 4 is 17.4 Å². The molecule has 6 nitrogen and oxygen atoms in total. The predicted molar refractivity (Wildman–Crippen MR) is 97.7 cm³/mol. The average Bonchev–Trinajstić information content (AvgIpc) is 3.13. The molecule has 1 saturated heterocycles. The molecule has 1 aliphatic heterocycles. The molecule has 0 unspecified atom stereocenters. The fourth-order valence-electron chi connectivity index (χ4n) is 3.58. The molecule has 0 atom stereocenters. The van der Waals surface area contributed by atoms with E-state index in [4.69, 9.17) is 0 Å². The lowest BCUT2D eigenvalue weighted by molar-refractivity contribution is -0.117. The van der Waals surface area contributed by atoms with Gasteiger partial charge in [0.2, 0.25) is 5.91 Å². The molecule has 4 rings (SSSR count). The normalized spacial score (nSPS) is 17.0. The van der Waals surface area contributed by atoms with Gasteiger partial charge in [-0.25, -0.2) is 8.78 Å². The van der Waals surface area contributed by atoms with Crippen molar-refractivity contribution < 1.29 is 13.6 Å². The number of anilines is 2. The quantitative estimate of drug-likeness (QED) is 0.888. The standard InChI is InChI=1S/C19H21F2N5O/c20-15-5-4-14(11-16(15)21)22-19(27)12-25-6-8-26(9-7-25)18-10-13-2-1-3-17(13)23-24-18/h4-5,10-11H,1-3,6-9,12H2,(H,22,27). The number of nitrogens with zero attached hydrogens (tertiary/aromatic N) is 4. The number of nitrogens with one attached hydrogen (secondary N) is 1. The number of carbonyl (C=O) groups is 1. The number of aromatic nitrogens is 2. The molecule has 0 saturated carbocycles. The monoisotopic (exact) mass is 373 g/mol. The third-order valence-electron chi connectivity index (χ3n) is 5.07. The molecule has 0 bridgehead atoms. The van der Waals surface area contributed by atoms with Crippen molar-refractivity contribution in [1.82, 2.24) is 15.1 Å². The summed E-state index contributed by atoms with van der Waals surface area (Å²) in [5.41, 5.74) is 2.67. The molecule has 1 aliphatic carbocycles. The minimum Gasteiger partial charge on any atom is -0.353 e. The number of fused-ring (bicyclic) bond motifs is 1. The number of aryl methyl sites for hydroxylation is 2. The van der Waals surface area contributed by atoms with Crippen LogP contribution in [0.1, 0.15) is 17.7 Å². The minimum absolute atomic E-state index is 0.211. The summed E-state index contributed by atoms with van der Waals surface area (Å²) in [5, 5.41) is 11.3. The number of amides is 1. The summed E-state index contributed by atoms with van der Waals surface area (Å²) in [6.07, 6.45) is 3.24. The highest BCUT2D eigenvalue weighted by atomic mass is 19.2. The molecule has 142 valence electrons. The van der Waals surface area contributed by atoms with Gasteiger partial charge in [0.1, 0.15) is 0 Å². The Labute approximate surface area is 156 Å². The molecule has 1 aromatic carbocycles. The van der Waals surface area contributed by atoms with Crippen molar-refractivity contribution in [2.24, 2.45) is 0 Å². The number of carbonyl (C=O) groups excluding carboxylic acids is 1. The molecular weight excluding hydrogens is 352 g/mol. The van der Waals surface area contributed by atoms with Crippen molar-refractivity contribution in [3.63, 3.8) is 0 Å². The van der Waals surface area contributed by atoms with Gasteiger partial charge in [0.25, 0.3) is 0 Å². The lowest BCUT2D eigenvalue weighted by atomic mass is 10.2. The highest BCUT2D eigenvalue weighted by molar-refractivity contribution is 5.92. The smallest absolute Gasteiger partial charge is 0.238 e. The fourth-order valence-corrected chi connectivity index (χ4v) is 3.58. The van der Waals surface area contributed by atoms with E-state index < -0.39 is 11.6 Å². The Morgan fingerprint density at radius 3 is 2.63 bits per heavy atom. The van der Waals surface area contributed by atoms with E-state index in [9.17, 15) is 13.6 Å². The van der Waals surface area contributed by atoms with Crippen molar-refractivity contribution in [2.45, 2.75) is 19.3 Å². The van der Waals surface area contributed by atoms with Crippen LogP contribution >= 0.6 is 0 Å². The summed E-state index contributed by atoms with van der Waals surface area (Å²) >= 11 is 0. The Hall–Kier alpha value is -2.61. The molecule has 27 heavy (non-hydrogen) atoms. The molecule has 1 N–H and O–H groups in total. The molecule has 2 heterocycles. The van der Waals surface area contributed by atoms with E-state index in [2.05, 4.69) is 26.5 Å². The zero-order valence-corrected chi connectivity index (χ0v) is 14.9. The van der Waals surface area contributed by atoms with Crippen LogP contribution in [0.15, 0.2) is 24.3 Å². The zero-order chi connectivity index (χ0) is 18.8. The first kappa shape index (κ1) is 17.8. The second-order valence-electron chi connectivity index (χ2n) is 6.97. The molecule has 1 amide bonds. The van der Waals surface area contributed by atoms with Crippen molar-refractivity contribution in [3.8, 4) is 0 Å². The van der Waals surface area contributed by atoms with Crippen molar-refractivity contribution in [3.05, 3.63) is 47.2 Å². The Kier molecular flexibility index (Phi) is 4.98. The lowest BCUT2D eigenvalue weighted by Gasteiger charge is -2.34. The van der Waals surface area contributed by atoms with Gasteiger partial charge in [-0.15, -0.1) is 5.10 Å². The molecule has 1 aromatic heterocycles. The van der Waals surface area contributed by atoms with Gasteiger partial charge in [-0.3, -0.25) is 9.69 Å². The molecule has 2 aromatic rings. The molecule has 0 radical (unpaired) electrons. The Bertz CT molecular complexity index is 852. The predicted octanol–water partition coefficient (Wildman–Crippen LogP) is 2.00. The van der Waals surface area contributed by atoms with Crippen molar-refractivity contribution in [2.75, 3.05) is 42.9 Å². The van der Waals surface area contributed by atoms with Crippen LogP contribution in [0.4, 0.5) is 20.3 Å². The highest BCUT2D eigenvalue weighted by Gasteiger charge is 2.22. The largest absolute Gasteiger partial charge is 0.353 e. The van der Waals surface area contributed by atoms with Crippen LogP contribution in [0, 0.1) is 11.6 Å². The maximum absolute atomic E-state index is 13.2. The summed E-state index contributed by atoms with van der Waals surface area (Å²) < 4.78 is 26.2. The third kappa shape index (κ3) is 4.05. The van der Waals surface area contributed by atoms with Crippen LogP contribution in [0.2, 0.25) is 0 Å². The van der Waals surface area contributed by atoms with Crippen LogP contribution in [-0.4, -0.2) is 53.7 Å². The number of piperazine rings is 1. The second-order valence-corrected chi connectivity index (χ2v) is 6.97. The van der Waals surface area contributed by atoms with Crippen LogP contribution in [0.25, 0.3) is 0 Å². The molecule has 8 heteroatoms. The summed E-state index contributed by atoms with van der Waals surface area (Å²) in [5.74, 6) is -1.25. The third-order valence-corrected chi connectivity index (χ3v) is 5.07. The number of halogens is 2. The Morgan fingerprint density at radius 1 is 1.04 bits per heavy atom. The van der Waals surface area contributed by atoms with E-state index in [1.165, 1.54) is 11.6 Å². The SMILES string of the molecule is O=C(CN1CCN(c2cc3c(nn2)CCC3)CC1)Nc1ccc(F)c(F)c1. The van der Waals surface area contributed by atoms with Crippen molar-refractivity contribution in [1.29, 1.82) is 0 Å².